The van der Waals surface area contributed by atoms with E-state index in [1.165, 1.54) is 0 Å². The van der Waals surface area contributed by atoms with Gasteiger partial charge in [0.15, 0.2) is 10.8 Å². The molecule has 0 fully saturated rings. The number of ether oxygens (including phenoxy) is 1. The minimum absolute atomic E-state index is 0.150. The van der Waals surface area contributed by atoms with Crippen molar-refractivity contribution in [1.82, 2.24) is 0 Å². The van der Waals surface area contributed by atoms with Crippen LogP contribution < -0.4 is 4.74 Å². The SMILES string of the molecule is OCC(Oc1[c]cccc1)c1ccc(Br)o1. The van der Waals surface area contributed by atoms with Gasteiger partial charge < -0.3 is 14.3 Å². The van der Waals surface area contributed by atoms with E-state index in [0.29, 0.717) is 16.2 Å². The highest BCUT2D eigenvalue weighted by molar-refractivity contribution is 9.10. The Hall–Kier alpha value is -1.26. The predicted molar refractivity (Wildman–Crippen MR) is 62.1 cm³/mol. The van der Waals surface area contributed by atoms with Crippen molar-refractivity contribution in [1.29, 1.82) is 0 Å². The van der Waals surface area contributed by atoms with Gasteiger partial charge in [0.2, 0.25) is 0 Å². The molecule has 0 spiro atoms. The summed E-state index contributed by atoms with van der Waals surface area (Å²) in [6, 6.07) is 13.7. The van der Waals surface area contributed by atoms with Crippen LogP contribution in [0.1, 0.15) is 11.9 Å². The van der Waals surface area contributed by atoms with Crippen LogP contribution in [0.15, 0.2) is 45.5 Å². The number of furan rings is 1. The monoisotopic (exact) mass is 281 g/mol. The van der Waals surface area contributed by atoms with Crippen molar-refractivity contribution < 1.29 is 14.3 Å². The summed E-state index contributed by atoms with van der Waals surface area (Å²) in [5.41, 5.74) is 0. The number of benzene rings is 1. The molecule has 1 N–H and O–H groups in total. The highest BCUT2D eigenvalue weighted by Gasteiger charge is 2.16. The Morgan fingerprint density at radius 1 is 1.38 bits per heavy atom. The molecule has 1 unspecified atom stereocenters. The number of aliphatic hydroxyl groups is 1. The van der Waals surface area contributed by atoms with E-state index in [1.54, 1.807) is 24.3 Å². The molecule has 0 aliphatic carbocycles. The van der Waals surface area contributed by atoms with Crippen LogP contribution in [0.5, 0.6) is 5.75 Å². The second kappa shape index (κ2) is 5.18. The van der Waals surface area contributed by atoms with Crippen LogP contribution in [0.3, 0.4) is 0 Å². The molecule has 0 saturated heterocycles. The molecule has 0 saturated carbocycles. The number of hydrogen-bond acceptors (Lipinski definition) is 3. The van der Waals surface area contributed by atoms with Crippen LogP contribution >= 0.6 is 15.9 Å². The summed E-state index contributed by atoms with van der Waals surface area (Å²) in [5, 5.41) is 9.24. The highest BCUT2D eigenvalue weighted by atomic mass is 79.9. The van der Waals surface area contributed by atoms with Crippen LogP contribution in [0, 0.1) is 6.07 Å². The Bertz CT molecular complexity index is 439. The first-order valence-electron chi connectivity index (χ1n) is 4.79. The van der Waals surface area contributed by atoms with Gasteiger partial charge in [-0.3, -0.25) is 0 Å². The Morgan fingerprint density at radius 2 is 2.25 bits per heavy atom. The fourth-order valence-electron chi connectivity index (χ4n) is 1.29. The molecule has 16 heavy (non-hydrogen) atoms. The maximum Gasteiger partial charge on any atom is 0.179 e. The van der Waals surface area contributed by atoms with E-state index in [1.807, 2.05) is 12.1 Å². The number of aliphatic hydroxyl groups excluding tert-OH is 1. The highest BCUT2D eigenvalue weighted by Crippen LogP contribution is 2.24. The number of halogens is 1. The van der Waals surface area contributed by atoms with Gasteiger partial charge in [-0.25, -0.2) is 0 Å². The summed E-state index contributed by atoms with van der Waals surface area (Å²) in [4.78, 5) is 0. The average Bonchev–Trinajstić information content (AvgIpc) is 2.74. The van der Waals surface area contributed by atoms with Gasteiger partial charge in [-0.2, -0.15) is 0 Å². The zero-order chi connectivity index (χ0) is 11.4. The van der Waals surface area contributed by atoms with Gasteiger partial charge in [-0.05, 0) is 34.1 Å². The van der Waals surface area contributed by atoms with Gasteiger partial charge in [-0.15, -0.1) is 0 Å². The standard InChI is InChI=1S/C12H10BrO3/c13-12-7-6-10(16-12)11(8-14)15-9-4-2-1-3-5-9/h1-4,6-7,11,14H,8H2. The lowest BCUT2D eigenvalue weighted by molar-refractivity contribution is 0.0970. The molecule has 83 valence electrons. The van der Waals surface area contributed by atoms with Gasteiger partial charge in [0, 0.05) is 6.07 Å². The number of hydrogen-bond donors (Lipinski definition) is 1. The molecule has 1 radical (unpaired) electrons. The van der Waals surface area contributed by atoms with Crippen LogP contribution in [-0.4, -0.2) is 11.7 Å². The zero-order valence-electron chi connectivity index (χ0n) is 8.39. The van der Waals surface area contributed by atoms with Crippen LogP contribution in [0.2, 0.25) is 0 Å². The van der Waals surface area contributed by atoms with E-state index < -0.39 is 6.10 Å². The maximum atomic E-state index is 9.24. The Kier molecular flexibility index (Phi) is 3.64. The molecule has 0 aliphatic rings. The van der Waals surface area contributed by atoms with E-state index in [4.69, 9.17) is 9.15 Å². The molecule has 1 aromatic carbocycles. The summed E-state index contributed by atoms with van der Waals surface area (Å²) >= 11 is 3.20. The largest absolute Gasteiger partial charge is 0.479 e. The summed E-state index contributed by atoms with van der Waals surface area (Å²) in [7, 11) is 0. The fourth-order valence-corrected chi connectivity index (χ4v) is 1.61. The smallest absolute Gasteiger partial charge is 0.179 e. The lowest BCUT2D eigenvalue weighted by Gasteiger charge is -2.14. The van der Waals surface area contributed by atoms with E-state index >= 15 is 0 Å². The van der Waals surface area contributed by atoms with E-state index in [-0.39, 0.29) is 6.61 Å². The van der Waals surface area contributed by atoms with Crippen molar-refractivity contribution in [2.75, 3.05) is 6.61 Å². The second-order valence-corrected chi connectivity index (χ2v) is 3.94. The van der Waals surface area contributed by atoms with Crippen molar-refractivity contribution >= 4 is 15.9 Å². The first-order valence-corrected chi connectivity index (χ1v) is 5.58. The van der Waals surface area contributed by atoms with Gasteiger partial charge in [-0.1, -0.05) is 18.2 Å². The lowest BCUT2D eigenvalue weighted by Crippen LogP contribution is -2.11. The molecule has 2 rings (SSSR count). The fraction of sp³-hybridized carbons (Fsp3) is 0.167. The topological polar surface area (TPSA) is 42.6 Å². The predicted octanol–water partition coefficient (Wildman–Crippen LogP) is 2.95. The number of rotatable bonds is 4. The van der Waals surface area contributed by atoms with Crippen molar-refractivity contribution in [3.63, 3.8) is 0 Å². The Labute approximate surface area is 102 Å². The van der Waals surface area contributed by atoms with Gasteiger partial charge in [0.1, 0.15) is 11.5 Å². The molecule has 1 atom stereocenters. The van der Waals surface area contributed by atoms with Crippen molar-refractivity contribution in [2.24, 2.45) is 0 Å². The third-order valence-corrected chi connectivity index (χ3v) is 2.45. The Morgan fingerprint density at radius 3 is 2.81 bits per heavy atom. The van der Waals surface area contributed by atoms with Crippen molar-refractivity contribution in [3.8, 4) is 5.75 Å². The molecule has 0 aliphatic heterocycles. The first kappa shape index (κ1) is 11.2. The summed E-state index contributed by atoms with van der Waals surface area (Å²) < 4.78 is 11.5. The molecule has 4 heteroatoms. The molecular formula is C12H10BrO3. The molecule has 3 nitrogen and oxygen atoms in total. The Balaban J connectivity index is 2.12. The van der Waals surface area contributed by atoms with Crippen LogP contribution in [0.25, 0.3) is 0 Å². The molecule has 2 aromatic rings. The zero-order valence-corrected chi connectivity index (χ0v) is 9.98. The van der Waals surface area contributed by atoms with Gasteiger partial charge in [0.05, 0.1) is 6.61 Å². The van der Waals surface area contributed by atoms with Crippen LogP contribution in [-0.2, 0) is 0 Å². The maximum absolute atomic E-state index is 9.24. The first-order chi connectivity index (χ1) is 7.79. The van der Waals surface area contributed by atoms with Crippen molar-refractivity contribution in [2.45, 2.75) is 6.10 Å². The van der Waals surface area contributed by atoms with Crippen LogP contribution in [0.4, 0.5) is 0 Å². The molecule has 1 aromatic heterocycles. The quantitative estimate of drug-likeness (QED) is 0.937. The average molecular weight is 282 g/mol. The third kappa shape index (κ3) is 2.65. The van der Waals surface area contributed by atoms with Gasteiger partial charge in [0.25, 0.3) is 0 Å². The van der Waals surface area contributed by atoms with E-state index in [2.05, 4.69) is 22.0 Å². The van der Waals surface area contributed by atoms with E-state index in [0.717, 1.165) is 0 Å². The van der Waals surface area contributed by atoms with Crippen molar-refractivity contribution in [3.05, 3.63) is 52.9 Å². The van der Waals surface area contributed by atoms with E-state index in [9.17, 15) is 5.11 Å². The molecule has 0 amide bonds. The minimum atomic E-state index is -0.509. The normalized spacial score (nSPS) is 12.4. The lowest BCUT2D eigenvalue weighted by atomic mass is 10.3. The summed E-state index contributed by atoms with van der Waals surface area (Å²) in [6.45, 7) is -0.150. The van der Waals surface area contributed by atoms with Gasteiger partial charge >= 0.3 is 0 Å². The second-order valence-electron chi connectivity index (χ2n) is 3.16. The summed E-state index contributed by atoms with van der Waals surface area (Å²) in [6.07, 6.45) is -0.509. The number of para-hydroxylation sites is 1. The molecular weight excluding hydrogens is 272 g/mol. The molecule has 1 heterocycles. The minimum Gasteiger partial charge on any atom is -0.479 e. The summed E-state index contributed by atoms with van der Waals surface area (Å²) in [5.74, 6) is 1.15. The molecule has 0 bridgehead atoms. The third-order valence-electron chi connectivity index (χ3n) is 2.03.